The van der Waals surface area contributed by atoms with Crippen molar-refractivity contribution >= 4 is 63.1 Å². The van der Waals surface area contributed by atoms with Crippen LogP contribution in [0, 0.1) is 7.14 Å². The van der Waals surface area contributed by atoms with E-state index in [-0.39, 0.29) is 5.70 Å². The Labute approximate surface area is 190 Å². The Kier molecular flexibility index (Phi) is 6.76. The standard InChI is InChI=1S/C21H17I2NO4/c1-12(2)11-27-19-16(23)8-13(10-18(19)26-3)9-17-21(25)28-20(24-17)14-4-6-15(22)7-5-14/h4-10H,1,11H2,2-3H3/b17-9-. The quantitative estimate of drug-likeness (QED) is 0.198. The van der Waals surface area contributed by atoms with E-state index < -0.39 is 5.97 Å². The number of aliphatic imine (C=N–C) groups is 1. The average molecular weight is 601 g/mol. The number of benzene rings is 2. The molecule has 5 nitrogen and oxygen atoms in total. The number of esters is 1. The largest absolute Gasteiger partial charge is 0.493 e. The summed E-state index contributed by atoms with van der Waals surface area (Å²) in [5, 5.41) is 0. The van der Waals surface area contributed by atoms with Crippen molar-refractivity contribution in [3.63, 3.8) is 0 Å². The molecule has 1 aliphatic rings. The van der Waals surface area contributed by atoms with Crippen molar-refractivity contribution in [1.29, 1.82) is 0 Å². The summed E-state index contributed by atoms with van der Waals surface area (Å²) >= 11 is 4.39. The number of ether oxygens (including phenoxy) is 3. The van der Waals surface area contributed by atoms with Crippen LogP contribution in [0.4, 0.5) is 0 Å². The van der Waals surface area contributed by atoms with Crippen molar-refractivity contribution in [1.82, 2.24) is 0 Å². The molecule has 0 spiro atoms. The third-order valence-corrected chi connectivity index (χ3v) is 5.25. The Bertz CT molecular complexity index is 994. The normalized spacial score (nSPS) is 14.6. The van der Waals surface area contributed by atoms with Crippen LogP contribution in [0.2, 0.25) is 0 Å². The van der Waals surface area contributed by atoms with Crippen LogP contribution in [0.15, 0.2) is 59.2 Å². The van der Waals surface area contributed by atoms with E-state index in [0.717, 1.165) is 23.8 Å². The number of hydrogen-bond donors (Lipinski definition) is 0. The van der Waals surface area contributed by atoms with Crippen molar-refractivity contribution in [2.24, 2.45) is 4.99 Å². The SMILES string of the molecule is C=C(C)COc1c(I)cc(/C=C2\N=C(c3ccc(I)cc3)OC2=O)cc1OC. The highest BCUT2D eigenvalue weighted by atomic mass is 127. The third-order valence-electron chi connectivity index (χ3n) is 3.73. The lowest BCUT2D eigenvalue weighted by molar-refractivity contribution is -0.129. The van der Waals surface area contributed by atoms with Gasteiger partial charge in [0.2, 0.25) is 5.90 Å². The highest BCUT2D eigenvalue weighted by Crippen LogP contribution is 2.35. The van der Waals surface area contributed by atoms with E-state index in [1.165, 1.54) is 0 Å². The first kappa shape index (κ1) is 20.8. The van der Waals surface area contributed by atoms with E-state index in [1.54, 1.807) is 19.3 Å². The molecule has 0 radical (unpaired) electrons. The van der Waals surface area contributed by atoms with Crippen molar-refractivity contribution in [2.45, 2.75) is 6.92 Å². The van der Waals surface area contributed by atoms with Crippen LogP contribution in [0.5, 0.6) is 11.5 Å². The lowest BCUT2D eigenvalue weighted by Crippen LogP contribution is -2.05. The van der Waals surface area contributed by atoms with Gasteiger partial charge in [-0.1, -0.05) is 6.58 Å². The number of nitrogens with zero attached hydrogens (tertiary/aromatic N) is 1. The first-order valence-electron chi connectivity index (χ1n) is 8.30. The van der Waals surface area contributed by atoms with Crippen LogP contribution >= 0.6 is 45.2 Å². The Morgan fingerprint density at radius 1 is 1.25 bits per heavy atom. The smallest absolute Gasteiger partial charge is 0.363 e. The lowest BCUT2D eigenvalue weighted by Gasteiger charge is -2.13. The van der Waals surface area contributed by atoms with Gasteiger partial charge in [0.05, 0.1) is 10.7 Å². The maximum atomic E-state index is 12.2. The van der Waals surface area contributed by atoms with Crippen LogP contribution in [-0.2, 0) is 9.53 Å². The molecular formula is C21H17I2NO4. The molecule has 144 valence electrons. The van der Waals surface area contributed by atoms with Crippen LogP contribution in [0.3, 0.4) is 0 Å². The molecule has 0 atom stereocenters. The van der Waals surface area contributed by atoms with Gasteiger partial charge in [-0.2, -0.15) is 0 Å². The molecule has 7 heteroatoms. The topological polar surface area (TPSA) is 57.1 Å². The summed E-state index contributed by atoms with van der Waals surface area (Å²) in [6.45, 7) is 6.14. The molecule has 0 aromatic heterocycles. The molecule has 0 aliphatic carbocycles. The number of rotatable bonds is 6. The number of cyclic esters (lactones) is 1. The van der Waals surface area contributed by atoms with E-state index >= 15 is 0 Å². The van der Waals surface area contributed by atoms with Gasteiger partial charge in [-0.3, -0.25) is 0 Å². The van der Waals surface area contributed by atoms with Gasteiger partial charge in [-0.25, -0.2) is 9.79 Å². The fourth-order valence-corrected chi connectivity index (χ4v) is 3.58. The summed E-state index contributed by atoms with van der Waals surface area (Å²) in [5.74, 6) is 1.04. The van der Waals surface area contributed by atoms with Gasteiger partial charge in [-0.05, 0) is 106 Å². The monoisotopic (exact) mass is 601 g/mol. The fraction of sp³-hybridized carbons (Fsp3) is 0.143. The van der Waals surface area contributed by atoms with Gasteiger partial charge in [-0.15, -0.1) is 0 Å². The second-order valence-electron chi connectivity index (χ2n) is 6.12. The molecule has 0 saturated carbocycles. The van der Waals surface area contributed by atoms with Gasteiger partial charge < -0.3 is 14.2 Å². The van der Waals surface area contributed by atoms with Crippen molar-refractivity contribution in [3.05, 3.63) is 72.5 Å². The zero-order valence-electron chi connectivity index (χ0n) is 15.3. The van der Waals surface area contributed by atoms with E-state index in [2.05, 4.69) is 56.8 Å². The molecular weight excluding hydrogens is 584 g/mol. The molecule has 0 saturated heterocycles. The molecule has 2 aromatic rings. The summed E-state index contributed by atoms with van der Waals surface area (Å²) in [6, 6.07) is 11.3. The van der Waals surface area contributed by atoms with Gasteiger partial charge >= 0.3 is 5.97 Å². The lowest BCUT2D eigenvalue weighted by atomic mass is 10.1. The molecule has 2 aromatic carbocycles. The van der Waals surface area contributed by atoms with Crippen LogP contribution in [0.25, 0.3) is 6.08 Å². The molecule has 28 heavy (non-hydrogen) atoms. The Hall–Kier alpha value is -1.88. The molecule has 1 heterocycles. The van der Waals surface area contributed by atoms with Crippen molar-refractivity contribution in [2.75, 3.05) is 13.7 Å². The van der Waals surface area contributed by atoms with Crippen LogP contribution < -0.4 is 9.47 Å². The summed E-state index contributed by atoms with van der Waals surface area (Å²) in [5.41, 5.74) is 2.67. The molecule has 1 aliphatic heterocycles. The van der Waals surface area contributed by atoms with Crippen LogP contribution in [-0.4, -0.2) is 25.6 Å². The number of methoxy groups -OCH3 is 1. The molecule has 0 bridgehead atoms. The van der Waals surface area contributed by atoms with E-state index in [9.17, 15) is 4.79 Å². The Morgan fingerprint density at radius 2 is 1.96 bits per heavy atom. The number of carbonyl (C=O) groups excluding carboxylic acids is 1. The summed E-state index contributed by atoms with van der Waals surface area (Å²) in [7, 11) is 1.58. The third kappa shape index (κ3) is 4.93. The summed E-state index contributed by atoms with van der Waals surface area (Å²) < 4.78 is 18.5. The molecule has 3 rings (SSSR count). The second kappa shape index (κ2) is 9.08. The molecule has 0 fully saturated rings. The van der Waals surface area contributed by atoms with Gasteiger partial charge in [0.15, 0.2) is 17.2 Å². The van der Waals surface area contributed by atoms with Gasteiger partial charge in [0.25, 0.3) is 0 Å². The maximum Gasteiger partial charge on any atom is 0.363 e. The molecule has 0 N–H and O–H groups in total. The predicted molar refractivity (Wildman–Crippen MR) is 126 cm³/mol. The number of halogens is 2. The summed E-state index contributed by atoms with van der Waals surface area (Å²) in [4.78, 5) is 16.6. The molecule has 0 unspecified atom stereocenters. The van der Waals surface area contributed by atoms with Crippen molar-refractivity contribution in [3.8, 4) is 11.5 Å². The minimum absolute atomic E-state index is 0.238. The molecule has 0 amide bonds. The summed E-state index contributed by atoms with van der Waals surface area (Å²) in [6.07, 6.45) is 1.68. The van der Waals surface area contributed by atoms with E-state index in [1.807, 2.05) is 37.3 Å². The number of hydrogen-bond acceptors (Lipinski definition) is 5. The van der Waals surface area contributed by atoms with Crippen molar-refractivity contribution < 1.29 is 19.0 Å². The minimum atomic E-state index is -0.481. The minimum Gasteiger partial charge on any atom is -0.493 e. The van der Waals surface area contributed by atoms with Gasteiger partial charge in [0.1, 0.15) is 6.61 Å². The average Bonchev–Trinajstić information content (AvgIpc) is 3.01. The van der Waals surface area contributed by atoms with E-state index in [4.69, 9.17) is 14.2 Å². The first-order chi connectivity index (χ1) is 13.4. The van der Waals surface area contributed by atoms with Gasteiger partial charge in [0, 0.05) is 9.13 Å². The van der Waals surface area contributed by atoms with E-state index in [0.29, 0.717) is 24.0 Å². The highest BCUT2D eigenvalue weighted by Gasteiger charge is 2.24. The second-order valence-corrected chi connectivity index (χ2v) is 8.53. The Morgan fingerprint density at radius 3 is 2.61 bits per heavy atom. The Balaban J connectivity index is 1.91. The zero-order valence-corrected chi connectivity index (χ0v) is 19.6. The predicted octanol–water partition coefficient (Wildman–Crippen LogP) is 5.20. The zero-order chi connectivity index (χ0) is 20.3. The first-order valence-corrected chi connectivity index (χ1v) is 10.5. The fourth-order valence-electron chi connectivity index (χ4n) is 2.44. The van der Waals surface area contributed by atoms with Crippen LogP contribution in [0.1, 0.15) is 18.1 Å². The maximum absolute atomic E-state index is 12.2. The highest BCUT2D eigenvalue weighted by molar-refractivity contribution is 14.1. The number of carbonyl (C=O) groups is 1.